The average molecular weight is 305 g/mol. The first-order chi connectivity index (χ1) is 10.1. The highest BCUT2D eigenvalue weighted by atomic mass is 16.3. The number of phenolic OH excluding ortho intramolecular Hbond substituents is 2. The second-order valence-corrected chi connectivity index (χ2v) is 6.06. The monoisotopic (exact) mass is 305 g/mol. The summed E-state index contributed by atoms with van der Waals surface area (Å²) in [5.41, 5.74) is -0.977. The first kappa shape index (κ1) is 15.8. The molecule has 3 N–H and O–H groups in total. The highest BCUT2D eigenvalue weighted by Gasteiger charge is 2.22. The maximum atomic E-state index is 12.5. The zero-order valence-corrected chi connectivity index (χ0v) is 13.0. The number of amides is 1. The fraction of sp³-hybridized carbons (Fsp3) is 0.400. The maximum Gasteiger partial charge on any atom is 0.276 e. The Morgan fingerprint density at radius 1 is 1.27 bits per heavy atom. The van der Waals surface area contributed by atoms with Crippen LogP contribution in [-0.2, 0) is 6.54 Å². The summed E-state index contributed by atoms with van der Waals surface area (Å²) in [4.78, 5) is 24.7. The molecule has 0 aliphatic carbocycles. The second kappa shape index (κ2) is 5.32. The Balaban J connectivity index is 2.72. The van der Waals surface area contributed by atoms with Crippen LogP contribution in [0.3, 0.4) is 0 Å². The van der Waals surface area contributed by atoms with Gasteiger partial charge in [-0.1, -0.05) is 0 Å². The van der Waals surface area contributed by atoms with Crippen LogP contribution in [0.4, 0.5) is 0 Å². The molecule has 0 atom stereocenters. The number of hydrogen-bond acceptors (Lipinski definition) is 5. The molecule has 0 bridgehead atoms. The van der Waals surface area contributed by atoms with Gasteiger partial charge in [0.05, 0.1) is 10.9 Å². The molecule has 1 heterocycles. The Morgan fingerprint density at radius 2 is 1.86 bits per heavy atom. The highest BCUT2D eigenvalue weighted by Crippen LogP contribution is 2.28. The number of aromatic nitrogens is 2. The molecule has 1 aromatic heterocycles. The standard InChI is InChI=1S/C15H19N3O4/c1-5-18-9-7-11(20)10(19)6-8(9)13(21)12(17-18)14(22)16-15(2,3)4/h6-7,19-20H,5H2,1-4H3,(H,16,22). The summed E-state index contributed by atoms with van der Waals surface area (Å²) in [5, 5.41) is 26.1. The summed E-state index contributed by atoms with van der Waals surface area (Å²) in [5.74, 6) is -1.34. The van der Waals surface area contributed by atoms with Gasteiger partial charge in [-0.05, 0) is 33.8 Å². The van der Waals surface area contributed by atoms with Gasteiger partial charge in [-0.15, -0.1) is 0 Å². The van der Waals surface area contributed by atoms with Gasteiger partial charge in [-0.2, -0.15) is 5.10 Å². The molecule has 7 nitrogen and oxygen atoms in total. The van der Waals surface area contributed by atoms with Crippen LogP contribution in [0.25, 0.3) is 10.9 Å². The minimum absolute atomic E-state index is 0.131. The number of aryl methyl sites for hydroxylation is 1. The average Bonchev–Trinajstić information content (AvgIpc) is 2.39. The quantitative estimate of drug-likeness (QED) is 0.727. The number of nitrogens with one attached hydrogen (secondary N) is 1. The zero-order chi connectivity index (χ0) is 16.7. The predicted molar refractivity (Wildman–Crippen MR) is 82.2 cm³/mol. The van der Waals surface area contributed by atoms with Crippen molar-refractivity contribution in [1.82, 2.24) is 15.1 Å². The van der Waals surface area contributed by atoms with Crippen molar-refractivity contribution in [2.75, 3.05) is 0 Å². The number of aromatic hydroxyl groups is 2. The van der Waals surface area contributed by atoms with Crippen LogP contribution in [0.15, 0.2) is 16.9 Å². The minimum Gasteiger partial charge on any atom is -0.504 e. The van der Waals surface area contributed by atoms with E-state index < -0.39 is 22.6 Å². The largest absolute Gasteiger partial charge is 0.504 e. The summed E-state index contributed by atoms with van der Waals surface area (Å²) < 4.78 is 1.44. The summed E-state index contributed by atoms with van der Waals surface area (Å²) in [7, 11) is 0. The molecule has 0 saturated heterocycles. The fourth-order valence-corrected chi connectivity index (χ4v) is 2.10. The van der Waals surface area contributed by atoms with E-state index in [1.54, 1.807) is 27.7 Å². The van der Waals surface area contributed by atoms with Crippen molar-refractivity contribution >= 4 is 16.8 Å². The molecular formula is C15H19N3O4. The lowest BCUT2D eigenvalue weighted by molar-refractivity contribution is 0.0911. The van der Waals surface area contributed by atoms with Gasteiger partial charge >= 0.3 is 0 Å². The number of hydrogen-bond donors (Lipinski definition) is 3. The van der Waals surface area contributed by atoms with E-state index in [1.807, 2.05) is 0 Å². The van der Waals surface area contributed by atoms with Crippen molar-refractivity contribution in [2.45, 2.75) is 39.8 Å². The van der Waals surface area contributed by atoms with Crippen molar-refractivity contribution in [2.24, 2.45) is 0 Å². The summed E-state index contributed by atoms with van der Waals surface area (Å²) >= 11 is 0. The van der Waals surface area contributed by atoms with Gasteiger partial charge in [0.25, 0.3) is 5.91 Å². The number of carbonyl (C=O) groups is 1. The predicted octanol–water partition coefficient (Wildman–Crippen LogP) is 1.36. The molecule has 0 aliphatic rings. The number of phenols is 2. The lowest BCUT2D eigenvalue weighted by Gasteiger charge is -2.20. The van der Waals surface area contributed by atoms with Crippen LogP contribution in [0.1, 0.15) is 38.2 Å². The number of carbonyl (C=O) groups excluding carboxylic acids is 1. The van der Waals surface area contributed by atoms with E-state index in [4.69, 9.17) is 0 Å². The molecule has 0 radical (unpaired) electrons. The number of nitrogens with zero attached hydrogens (tertiary/aromatic N) is 2. The minimum atomic E-state index is -0.586. The summed E-state index contributed by atoms with van der Waals surface area (Å²) in [6, 6.07) is 2.41. The number of benzene rings is 1. The normalized spacial score (nSPS) is 11.6. The highest BCUT2D eigenvalue weighted by molar-refractivity contribution is 5.96. The molecule has 0 fully saturated rings. The maximum absolute atomic E-state index is 12.5. The van der Waals surface area contributed by atoms with Gasteiger partial charge in [-0.3, -0.25) is 14.3 Å². The van der Waals surface area contributed by atoms with Gasteiger partial charge in [-0.25, -0.2) is 0 Å². The van der Waals surface area contributed by atoms with Crippen LogP contribution in [0.2, 0.25) is 0 Å². The van der Waals surface area contributed by atoms with E-state index in [2.05, 4.69) is 10.4 Å². The van der Waals surface area contributed by atoms with E-state index in [0.717, 1.165) is 6.07 Å². The van der Waals surface area contributed by atoms with Crippen LogP contribution in [0, 0.1) is 0 Å². The first-order valence-electron chi connectivity index (χ1n) is 6.93. The second-order valence-electron chi connectivity index (χ2n) is 6.06. The molecule has 7 heteroatoms. The molecule has 1 amide bonds. The van der Waals surface area contributed by atoms with E-state index in [-0.39, 0.29) is 16.8 Å². The SMILES string of the molecule is CCn1nc(C(=O)NC(C)(C)C)c(=O)c2cc(O)c(O)cc21. The Bertz CT molecular complexity index is 803. The van der Waals surface area contributed by atoms with Gasteiger partial charge in [0.15, 0.2) is 17.2 Å². The molecule has 0 unspecified atom stereocenters. The van der Waals surface area contributed by atoms with Gasteiger partial charge in [0.2, 0.25) is 5.43 Å². The molecule has 2 rings (SSSR count). The lowest BCUT2D eigenvalue weighted by Crippen LogP contribution is -2.43. The van der Waals surface area contributed by atoms with Crippen molar-refractivity contribution in [3.8, 4) is 11.5 Å². The van der Waals surface area contributed by atoms with Crippen molar-refractivity contribution in [3.05, 3.63) is 28.0 Å². The van der Waals surface area contributed by atoms with Gasteiger partial charge < -0.3 is 15.5 Å². The van der Waals surface area contributed by atoms with Gasteiger partial charge in [0, 0.05) is 18.2 Å². The molecule has 0 saturated carbocycles. The zero-order valence-electron chi connectivity index (χ0n) is 13.0. The summed E-state index contributed by atoms with van der Waals surface area (Å²) in [6.45, 7) is 7.60. The Morgan fingerprint density at radius 3 is 2.41 bits per heavy atom. The van der Waals surface area contributed by atoms with Crippen molar-refractivity contribution in [3.63, 3.8) is 0 Å². The van der Waals surface area contributed by atoms with E-state index >= 15 is 0 Å². The molecule has 2 aromatic rings. The molecule has 0 aliphatic heterocycles. The Kier molecular flexibility index (Phi) is 3.83. The Labute approximate surface area is 127 Å². The molecular weight excluding hydrogens is 286 g/mol. The van der Waals surface area contributed by atoms with Crippen LogP contribution >= 0.6 is 0 Å². The smallest absolute Gasteiger partial charge is 0.276 e. The topological polar surface area (TPSA) is 104 Å². The fourth-order valence-electron chi connectivity index (χ4n) is 2.10. The van der Waals surface area contributed by atoms with Crippen molar-refractivity contribution < 1.29 is 15.0 Å². The third-order valence-electron chi connectivity index (χ3n) is 3.05. The van der Waals surface area contributed by atoms with Gasteiger partial charge in [0.1, 0.15) is 0 Å². The molecule has 22 heavy (non-hydrogen) atoms. The molecule has 1 aromatic carbocycles. The third kappa shape index (κ3) is 2.88. The number of rotatable bonds is 2. The van der Waals surface area contributed by atoms with Crippen LogP contribution in [0.5, 0.6) is 11.5 Å². The Hall–Kier alpha value is -2.57. The van der Waals surface area contributed by atoms with E-state index in [1.165, 1.54) is 10.7 Å². The van der Waals surface area contributed by atoms with Crippen LogP contribution in [-0.4, -0.2) is 31.4 Å². The van der Waals surface area contributed by atoms with Crippen LogP contribution < -0.4 is 10.7 Å². The molecule has 0 spiro atoms. The lowest BCUT2D eigenvalue weighted by atomic mass is 10.1. The number of fused-ring (bicyclic) bond motifs is 1. The first-order valence-corrected chi connectivity index (χ1v) is 6.93. The van der Waals surface area contributed by atoms with E-state index in [9.17, 15) is 19.8 Å². The third-order valence-corrected chi connectivity index (χ3v) is 3.05. The molecule has 118 valence electrons. The van der Waals surface area contributed by atoms with E-state index in [0.29, 0.717) is 12.1 Å². The van der Waals surface area contributed by atoms with Crippen molar-refractivity contribution in [1.29, 1.82) is 0 Å². The summed E-state index contributed by atoms with van der Waals surface area (Å²) in [6.07, 6.45) is 0.